The number of pyridine rings is 2. The summed E-state index contributed by atoms with van der Waals surface area (Å²) in [5.41, 5.74) is 0.605. The van der Waals surface area contributed by atoms with Gasteiger partial charge in [-0.25, -0.2) is 18.7 Å². The second kappa shape index (κ2) is 11.3. The van der Waals surface area contributed by atoms with Crippen LogP contribution >= 0.6 is 0 Å². The number of carbonyl (C=O) groups excluding carboxylic acids is 1. The summed E-state index contributed by atoms with van der Waals surface area (Å²) in [6.45, 7) is 3.95. The third-order valence-electron chi connectivity index (χ3n) is 6.37. The van der Waals surface area contributed by atoms with Crippen molar-refractivity contribution >= 4 is 39.9 Å². The number of carbonyl (C=O) groups is 1. The zero-order valence-electron chi connectivity index (χ0n) is 22.0. The number of hydrogen-bond donors (Lipinski definition) is 3. The van der Waals surface area contributed by atoms with E-state index < -0.39 is 23.3 Å². The van der Waals surface area contributed by atoms with E-state index in [1.165, 1.54) is 33.4 Å². The van der Waals surface area contributed by atoms with Gasteiger partial charge in [-0.15, -0.1) is 0 Å². The molecule has 0 aliphatic carbocycles. The number of rotatable bonds is 8. The number of fused-ring (bicyclic) bond motifs is 1. The average molecular weight is 556 g/mol. The molecule has 40 heavy (non-hydrogen) atoms. The van der Waals surface area contributed by atoms with Crippen molar-refractivity contribution in [1.82, 2.24) is 9.97 Å². The Kier molecular flexibility index (Phi) is 7.67. The standard InChI is InChI=1S/C27H27F2N5O6/c1-14(35)32-16-10-23(34-4-6-39-7-5-34)31-12-17(16)33-22-9-15-8-20(40-21(15)13-30-22)27(36)24-25(28)18(37-2)11-19(38-3)26(24)29/h8-13,27,36H,4-7H2,1-3H3,(H,30,33)(H,31,32,35). The molecule has 0 spiro atoms. The van der Waals surface area contributed by atoms with E-state index in [1.807, 2.05) is 0 Å². The Morgan fingerprint density at radius 3 is 2.38 bits per heavy atom. The molecule has 3 N–H and O–H groups in total. The third-order valence-corrected chi connectivity index (χ3v) is 6.37. The fraction of sp³-hybridized carbons (Fsp3) is 0.296. The summed E-state index contributed by atoms with van der Waals surface area (Å²) in [7, 11) is 2.44. The first-order chi connectivity index (χ1) is 19.3. The Morgan fingerprint density at radius 2 is 1.73 bits per heavy atom. The van der Waals surface area contributed by atoms with E-state index >= 15 is 0 Å². The molecule has 4 heterocycles. The lowest BCUT2D eigenvalue weighted by Gasteiger charge is -2.28. The number of anilines is 4. The summed E-state index contributed by atoms with van der Waals surface area (Å²) in [4.78, 5) is 22.8. The van der Waals surface area contributed by atoms with Crippen LogP contribution in [0.3, 0.4) is 0 Å². The zero-order valence-corrected chi connectivity index (χ0v) is 22.0. The van der Waals surface area contributed by atoms with Crippen LogP contribution in [0.1, 0.15) is 24.4 Å². The summed E-state index contributed by atoms with van der Waals surface area (Å²) in [5, 5.41) is 17.3. The molecule has 1 saturated heterocycles. The van der Waals surface area contributed by atoms with E-state index in [0.29, 0.717) is 54.7 Å². The number of nitrogens with zero attached hydrogens (tertiary/aromatic N) is 3. The number of morpholine rings is 1. The van der Waals surface area contributed by atoms with E-state index in [-0.39, 0.29) is 28.7 Å². The van der Waals surface area contributed by atoms with Crippen molar-refractivity contribution in [3.63, 3.8) is 0 Å². The number of halogens is 2. The van der Waals surface area contributed by atoms with Gasteiger partial charge in [0.1, 0.15) is 23.5 Å². The van der Waals surface area contributed by atoms with E-state index in [0.717, 1.165) is 6.07 Å². The number of furan rings is 1. The Bertz CT molecular complexity index is 1530. The monoisotopic (exact) mass is 555 g/mol. The molecule has 4 aromatic rings. The van der Waals surface area contributed by atoms with E-state index in [9.17, 15) is 18.7 Å². The lowest BCUT2D eigenvalue weighted by atomic mass is 10.0. The van der Waals surface area contributed by atoms with Gasteiger partial charge in [0.25, 0.3) is 0 Å². The number of amides is 1. The van der Waals surface area contributed by atoms with E-state index in [4.69, 9.17) is 18.6 Å². The van der Waals surface area contributed by atoms with Crippen LogP contribution in [-0.2, 0) is 9.53 Å². The van der Waals surface area contributed by atoms with Gasteiger partial charge in [0, 0.05) is 37.5 Å². The van der Waals surface area contributed by atoms with Gasteiger partial charge in [-0.05, 0) is 12.1 Å². The summed E-state index contributed by atoms with van der Waals surface area (Å²) in [6.07, 6.45) is 1.20. The van der Waals surface area contributed by atoms with Crippen molar-refractivity contribution < 1.29 is 37.3 Å². The molecule has 1 aromatic carbocycles. The maximum absolute atomic E-state index is 14.9. The summed E-state index contributed by atoms with van der Waals surface area (Å²) in [5.74, 6) is -2.03. The molecule has 1 atom stereocenters. The fourth-order valence-corrected chi connectivity index (χ4v) is 4.40. The van der Waals surface area contributed by atoms with Crippen LogP contribution in [0.5, 0.6) is 11.5 Å². The molecule has 0 saturated carbocycles. The van der Waals surface area contributed by atoms with E-state index in [2.05, 4.69) is 25.5 Å². The van der Waals surface area contributed by atoms with Crippen molar-refractivity contribution in [2.24, 2.45) is 0 Å². The predicted molar refractivity (Wildman–Crippen MR) is 142 cm³/mol. The van der Waals surface area contributed by atoms with Gasteiger partial charge in [-0.1, -0.05) is 0 Å². The molecule has 11 nitrogen and oxygen atoms in total. The van der Waals surface area contributed by atoms with Gasteiger partial charge in [0.15, 0.2) is 28.7 Å². The number of methoxy groups -OCH3 is 2. The SMILES string of the molecule is COc1cc(OC)c(F)c(C(O)c2cc3cc(Nc4cnc(N5CCOCC5)cc4NC(C)=O)ncc3o2)c1F. The largest absolute Gasteiger partial charge is 0.494 e. The smallest absolute Gasteiger partial charge is 0.221 e. The summed E-state index contributed by atoms with van der Waals surface area (Å²) >= 11 is 0. The first kappa shape index (κ1) is 27.1. The fourth-order valence-electron chi connectivity index (χ4n) is 4.40. The van der Waals surface area contributed by atoms with Crippen LogP contribution in [0, 0.1) is 11.6 Å². The molecule has 1 aliphatic rings. The minimum Gasteiger partial charge on any atom is -0.494 e. The third kappa shape index (κ3) is 5.33. The molecule has 0 bridgehead atoms. The van der Waals surface area contributed by atoms with Gasteiger partial charge in [0.2, 0.25) is 5.91 Å². The van der Waals surface area contributed by atoms with Crippen molar-refractivity contribution in [3.8, 4) is 11.5 Å². The summed E-state index contributed by atoms with van der Waals surface area (Å²) in [6, 6.07) is 5.90. The normalized spacial score (nSPS) is 14.2. The molecule has 1 aliphatic heterocycles. The first-order valence-electron chi connectivity index (χ1n) is 12.3. The van der Waals surface area contributed by atoms with Gasteiger partial charge < -0.3 is 39.3 Å². The van der Waals surface area contributed by atoms with Crippen LogP contribution < -0.4 is 25.0 Å². The highest BCUT2D eigenvalue weighted by molar-refractivity contribution is 5.94. The second-order valence-corrected chi connectivity index (χ2v) is 8.98. The molecular formula is C27H27F2N5O6. The van der Waals surface area contributed by atoms with E-state index in [1.54, 1.807) is 18.3 Å². The first-order valence-corrected chi connectivity index (χ1v) is 12.3. The molecule has 1 amide bonds. The molecule has 1 fully saturated rings. The number of ether oxygens (including phenoxy) is 3. The Hall–Kier alpha value is -4.49. The zero-order chi connectivity index (χ0) is 28.4. The minimum absolute atomic E-state index is 0.113. The van der Waals surface area contributed by atoms with Crippen LogP contribution in [0.4, 0.5) is 31.8 Å². The highest BCUT2D eigenvalue weighted by atomic mass is 19.1. The van der Waals surface area contributed by atoms with Gasteiger partial charge in [-0.3, -0.25) is 4.79 Å². The van der Waals surface area contributed by atoms with Gasteiger partial charge in [0.05, 0.1) is 56.8 Å². The number of benzene rings is 1. The molecular weight excluding hydrogens is 528 g/mol. The molecule has 210 valence electrons. The van der Waals surface area contributed by atoms with Crippen LogP contribution in [0.15, 0.2) is 41.1 Å². The van der Waals surface area contributed by atoms with Crippen molar-refractivity contribution in [2.45, 2.75) is 13.0 Å². The maximum atomic E-state index is 14.9. The van der Waals surface area contributed by atoms with Crippen LogP contribution in [0.2, 0.25) is 0 Å². The van der Waals surface area contributed by atoms with Crippen molar-refractivity contribution in [3.05, 3.63) is 59.6 Å². The number of hydrogen-bond acceptors (Lipinski definition) is 10. The topological polar surface area (TPSA) is 131 Å². The highest BCUT2D eigenvalue weighted by Crippen LogP contribution is 2.38. The lowest BCUT2D eigenvalue weighted by Crippen LogP contribution is -2.36. The number of aliphatic hydroxyl groups excluding tert-OH is 1. The number of nitrogens with one attached hydrogen (secondary N) is 2. The van der Waals surface area contributed by atoms with Gasteiger partial charge >= 0.3 is 0 Å². The van der Waals surface area contributed by atoms with Crippen molar-refractivity contribution in [2.75, 3.05) is 56.1 Å². The quantitative estimate of drug-likeness (QED) is 0.292. The highest BCUT2D eigenvalue weighted by Gasteiger charge is 2.29. The average Bonchev–Trinajstić information content (AvgIpc) is 3.38. The van der Waals surface area contributed by atoms with Crippen molar-refractivity contribution in [1.29, 1.82) is 0 Å². The minimum atomic E-state index is -1.80. The van der Waals surface area contributed by atoms with Crippen LogP contribution in [-0.4, -0.2) is 61.5 Å². The Morgan fingerprint density at radius 1 is 1.02 bits per heavy atom. The Balaban J connectivity index is 1.44. The number of aliphatic hydroxyl groups is 1. The second-order valence-electron chi connectivity index (χ2n) is 8.98. The maximum Gasteiger partial charge on any atom is 0.221 e. The predicted octanol–water partition coefficient (Wildman–Crippen LogP) is 4.14. The number of aromatic nitrogens is 2. The lowest BCUT2D eigenvalue weighted by molar-refractivity contribution is -0.114. The molecule has 0 radical (unpaired) electrons. The summed E-state index contributed by atoms with van der Waals surface area (Å²) < 4.78 is 50.8. The molecule has 13 heteroatoms. The Labute approximate surface area is 227 Å². The van der Waals surface area contributed by atoms with Gasteiger partial charge in [-0.2, -0.15) is 0 Å². The molecule has 3 aromatic heterocycles. The molecule has 5 rings (SSSR count). The molecule has 1 unspecified atom stereocenters. The van der Waals surface area contributed by atoms with Crippen LogP contribution in [0.25, 0.3) is 11.0 Å².